The Morgan fingerprint density at radius 3 is 2.50 bits per heavy atom. The quantitative estimate of drug-likeness (QED) is 0.235. The molecule has 0 atom stereocenters. The van der Waals surface area contributed by atoms with Crippen LogP contribution in [0.3, 0.4) is 0 Å². The Hall–Kier alpha value is -0.870. The van der Waals surface area contributed by atoms with Gasteiger partial charge in [-0.15, -0.1) is 0 Å². The van der Waals surface area contributed by atoms with Crippen molar-refractivity contribution in [1.82, 2.24) is 0 Å². The Morgan fingerprint density at radius 2 is 2.10 bits per heavy atom. The third-order valence-electron chi connectivity index (χ3n) is 0.857. The minimum Gasteiger partial charge on any atom is -0.392 e. The predicted molar refractivity (Wildman–Crippen MR) is 41.7 cm³/mol. The molecule has 0 saturated heterocycles. The van der Waals surface area contributed by atoms with Crippen LogP contribution in [0.25, 0.3) is 0 Å². The molecule has 0 bridgehead atoms. The van der Waals surface area contributed by atoms with E-state index < -0.39 is 0 Å². The second-order valence-corrected chi connectivity index (χ2v) is 1.65. The summed E-state index contributed by atoms with van der Waals surface area (Å²) in [5, 5.41) is 3.65. The van der Waals surface area contributed by atoms with E-state index in [1.165, 1.54) is 0 Å². The van der Waals surface area contributed by atoms with E-state index in [0.717, 1.165) is 0 Å². The Bertz CT molecular complexity index is 116. The maximum Gasteiger partial charge on any atom is 0.135 e. The lowest BCUT2D eigenvalue weighted by Crippen LogP contribution is -2.23. The summed E-state index contributed by atoms with van der Waals surface area (Å²) in [6.07, 6.45) is 1.61. The molecule has 0 aliphatic carbocycles. The van der Waals surface area contributed by atoms with E-state index in [1.807, 2.05) is 0 Å². The lowest BCUT2D eigenvalue weighted by molar-refractivity contribution is 0.174. The van der Waals surface area contributed by atoms with E-state index in [0.29, 0.717) is 25.4 Å². The molecular weight excluding hydrogens is 130 g/mol. The molecule has 4 heteroatoms. The molecule has 0 aromatic carbocycles. The molecule has 10 heavy (non-hydrogen) atoms. The predicted octanol–water partition coefficient (Wildman–Crippen LogP) is -0.538. The Labute approximate surface area is 60.5 Å². The first-order valence-corrected chi connectivity index (χ1v) is 3.03. The molecule has 0 fully saturated rings. The number of rotatable bonds is 5. The van der Waals surface area contributed by atoms with E-state index in [1.54, 1.807) is 6.08 Å². The van der Waals surface area contributed by atoms with Gasteiger partial charge in [-0.05, 0) is 0 Å². The fraction of sp³-hybridized carbons (Fsp3) is 0.500. The van der Waals surface area contributed by atoms with Crippen LogP contribution in [0.5, 0.6) is 0 Å². The van der Waals surface area contributed by atoms with Crippen LogP contribution >= 0.6 is 0 Å². The lowest BCUT2D eigenvalue weighted by Gasteiger charge is -1.97. The van der Waals surface area contributed by atoms with Crippen molar-refractivity contribution in [2.24, 2.45) is 16.6 Å². The lowest BCUT2D eigenvalue weighted by atomic mass is 10.4. The van der Waals surface area contributed by atoms with Gasteiger partial charge in [-0.25, -0.2) is 0 Å². The third kappa shape index (κ3) is 4.05. The minimum absolute atomic E-state index is 0.341. The first-order chi connectivity index (χ1) is 4.85. The second kappa shape index (κ2) is 6.25. The molecule has 0 aromatic rings. The van der Waals surface area contributed by atoms with Crippen molar-refractivity contribution < 1.29 is 4.84 Å². The zero-order valence-electron chi connectivity index (χ0n) is 5.92. The Balaban J connectivity index is 3.52. The van der Waals surface area contributed by atoms with Crippen LogP contribution in [-0.4, -0.2) is 25.4 Å². The van der Waals surface area contributed by atoms with Crippen LogP contribution in [-0.2, 0) is 4.84 Å². The van der Waals surface area contributed by atoms with Gasteiger partial charge >= 0.3 is 0 Å². The normalized spacial score (nSPS) is 8.60. The highest BCUT2D eigenvalue weighted by Gasteiger charge is 1.90. The summed E-state index contributed by atoms with van der Waals surface area (Å²) in [5.74, 6) is 0. The van der Waals surface area contributed by atoms with Gasteiger partial charge in [-0.2, -0.15) is 0 Å². The number of nitrogens with zero attached hydrogens (tertiary/aromatic N) is 1. The second-order valence-electron chi connectivity index (χ2n) is 1.65. The van der Waals surface area contributed by atoms with Crippen LogP contribution < -0.4 is 11.5 Å². The van der Waals surface area contributed by atoms with Crippen molar-refractivity contribution in [2.75, 3.05) is 19.7 Å². The fourth-order valence-corrected chi connectivity index (χ4v) is 0.339. The average Bonchev–Trinajstić information content (AvgIpc) is 1.99. The molecule has 0 aliphatic heterocycles. The third-order valence-corrected chi connectivity index (χ3v) is 0.857. The molecule has 58 valence electrons. The van der Waals surface area contributed by atoms with Gasteiger partial charge in [0.1, 0.15) is 6.61 Å². The maximum absolute atomic E-state index is 5.25. The SMILES string of the molecule is C=CCON=C(CN)CN. The number of oxime groups is 1. The van der Waals surface area contributed by atoms with Crippen molar-refractivity contribution in [3.05, 3.63) is 12.7 Å². The summed E-state index contributed by atoms with van der Waals surface area (Å²) < 4.78 is 0. The number of hydrogen-bond acceptors (Lipinski definition) is 4. The monoisotopic (exact) mass is 143 g/mol. The molecular formula is C6H13N3O. The summed E-state index contributed by atoms with van der Waals surface area (Å²) in [6.45, 7) is 4.53. The van der Waals surface area contributed by atoms with Crippen LogP contribution in [0.2, 0.25) is 0 Å². The van der Waals surface area contributed by atoms with Crippen molar-refractivity contribution >= 4 is 5.71 Å². The molecule has 0 rings (SSSR count). The van der Waals surface area contributed by atoms with Crippen molar-refractivity contribution in [3.8, 4) is 0 Å². The summed E-state index contributed by atoms with van der Waals surface area (Å²) >= 11 is 0. The molecule has 0 heterocycles. The van der Waals surface area contributed by atoms with E-state index in [-0.39, 0.29) is 0 Å². The zero-order chi connectivity index (χ0) is 7.82. The average molecular weight is 143 g/mol. The largest absolute Gasteiger partial charge is 0.392 e. The van der Waals surface area contributed by atoms with Gasteiger partial charge in [0.15, 0.2) is 0 Å². The zero-order valence-corrected chi connectivity index (χ0v) is 5.92. The van der Waals surface area contributed by atoms with E-state index in [4.69, 9.17) is 16.3 Å². The van der Waals surface area contributed by atoms with Crippen molar-refractivity contribution in [1.29, 1.82) is 0 Å². The summed E-state index contributed by atoms with van der Waals surface area (Å²) in [6, 6.07) is 0. The van der Waals surface area contributed by atoms with Crippen molar-refractivity contribution in [3.63, 3.8) is 0 Å². The number of nitrogens with two attached hydrogens (primary N) is 2. The van der Waals surface area contributed by atoms with Gasteiger partial charge in [-0.3, -0.25) is 0 Å². The highest BCUT2D eigenvalue weighted by atomic mass is 16.6. The molecule has 0 saturated carbocycles. The van der Waals surface area contributed by atoms with Crippen LogP contribution in [0.1, 0.15) is 0 Å². The van der Waals surface area contributed by atoms with Crippen LogP contribution in [0, 0.1) is 0 Å². The van der Waals surface area contributed by atoms with Crippen LogP contribution in [0.4, 0.5) is 0 Å². The molecule has 0 radical (unpaired) electrons. The standard InChI is InChI=1S/C6H13N3O/c1-2-3-10-9-6(4-7)5-8/h2H,1,3-5,7-8H2. The first kappa shape index (κ1) is 9.13. The smallest absolute Gasteiger partial charge is 0.135 e. The molecule has 0 unspecified atom stereocenters. The summed E-state index contributed by atoms with van der Waals surface area (Å²) in [4.78, 5) is 4.74. The molecule has 0 spiro atoms. The minimum atomic E-state index is 0.341. The topological polar surface area (TPSA) is 73.6 Å². The van der Waals surface area contributed by atoms with E-state index >= 15 is 0 Å². The molecule has 0 amide bonds. The highest BCUT2D eigenvalue weighted by molar-refractivity contribution is 5.87. The maximum atomic E-state index is 5.25. The fourth-order valence-electron chi connectivity index (χ4n) is 0.339. The molecule has 0 aromatic heterocycles. The Morgan fingerprint density at radius 1 is 1.50 bits per heavy atom. The van der Waals surface area contributed by atoms with E-state index in [2.05, 4.69) is 11.7 Å². The highest BCUT2D eigenvalue weighted by Crippen LogP contribution is 1.78. The van der Waals surface area contributed by atoms with Crippen molar-refractivity contribution in [2.45, 2.75) is 0 Å². The van der Waals surface area contributed by atoms with Gasteiger partial charge in [0.2, 0.25) is 0 Å². The molecule has 4 nitrogen and oxygen atoms in total. The van der Waals surface area contributed by atoms with E-state index in [9.17, 15) is 0 Å². The summed E-state index contributed by atoms with van der Waals surface area (Å²) in [5.41, 5.74) is 11.2. The first-order valence-electron chi connectivity index (χ1n) is 3.03. The van der Waals surface area contributed by atoms with Gasteiger partial charge in [0.25, 0.3) is 0 Å². The molecule has 0 aliphatic rings. The van der Waals surface area contributed by atoms with Gasteiger partial charge < -0.3 is 16.3 Å². The molecule has 4 N–H and O–H groups in total. The van der Waals surface area contributed by atoms with Gasteiger partial charge in [0.05, 0.1) is 5.71 Å². The van der Waals surface area contributed by atoms with Gasteiger partial charge in [-0.1, -0.05) is 17.8 Å². The van der Waals surface area contributed by atoms with Crippen LogP contribution in [0.15, 0.2) is 17.8 Å². The van der Waals surface area contributed by atoms with Gasteiger partial charge in [0, 0.05) is 13.1 Å². The summed E-state index contributed by atoms with van der Waals surface area (Å²) in [7, 11) is 0. The number of hydrogen-bond donors (Lipinski definition) is 2. The Kier molecular flexibility index (Phi) is 5.71.